The first-order valence-electron chi connectivity index (χ1n) is 28.0. The van der Waals surface area contributed by atoms with Crippen molar-refractivity contribution in [3.63, 3.8) is 0 Å². The minimum atomic E-state index is -1.08. The van der Waals surface area contributed by atoms with Gasteiger partial charge in [0.05, 0.1) is 24.3 Å². The number of anilines is 3. The average Bonchev–Trinajstić information content (AvgIpc) is 3.49. The highest BCUT2D eigenvalue weighted by molar-refractivity contribution is 5.99. The van der Waals surface area contributed by atoms with Gasteiger partial charge in [-0.3, -0.25) is 34.1 Å². The third-order valence-electron chi connectivity index (χ3n) is 14.8. The number of amides is 7. The smallest absolute Gasteiger partial charge is 0.411 e. The fourth-order valence-electron chi connectivity index (χ4n) is 9.74. The Balaban J connectivity index is 1.08. The van der Waals surface area contributed by atoms with Crippen molar-refractivity contribution in [2.75, 3.05) is 29.6 Å². The van der Waals surface area contributed by atoms with Gasteiger partial charge < -0.3 is 46.2 Å². The second-order valence-corrected chi connectivity index (χ2v) is 23.4. The zero-order valence-corrected chi connectivity index (χ0v) is 49.8. The van der Waals surface area contributed by atoms with E-state index in [4.69, 9.17) is 4.74 Å². The van der Waals surface area contributed by atoms with E-state index in [0.29, 0.717) is 41.9 Å². The summed E-state index contributed by atoms with van der Waals surface area (Å²) in [5.74, 6) is -3.65. The Bertz CT molecular complexity index is 3000. The van der Waals surface area contributed by atoms with Crippen molar-refractivity contribution in [3.05, 3.63) is 137 Å². The molecule has 1 heterocycles. The summed E-state index contributed by atoms with van der Waals surface area (Å²) < 4.78 is 5.53. The predicted molar refractivity (Wildman–Crippen MR) is 321 cm³/mol. The van der Waals surface area contributed by atoms with Gasteiger partial charge in [0.25, 0.3) is 0 Å². The van der Waals surface area contributed by atoms with E-state index < -0.39 is 70.8 Å². The summed E-state index contributed by atoms with van der Waals surface area (Å²) in [5.41, 5.74) is 4.56. The number of carbonyl (C=O) groups excluding carboxylic acids is 7. The molecule has 5 atom stereocenters. The van der Waals surface area contributed by atoms with Gasteiger partial charge in [-0.1, -0.05) is 147 Å². The lowest BCUT2D eigenvalue weighted by Crippen LogP contribution is -2.61. The number of carboxylic acids is 1. The first kappa shape index (κ1) is 64.7. The van der Waals surface area contributed by atoms with Crippen LogP contribution in [-0.2, 0) is 56.9 Å². The number of hydrogen-bond acceptors (Lipinski definition) is 10. The molecule has 0 spiro atoms. The average molecular weight is 1130 g/mol. The van der Waals surface area contributed by atoms with E-state index in [9.17, 15) is 43.5 Å². The maximum Gasteiger partial charge on any atom is 0.411 e. The van der Waals surface area contributed by atoms with E-state index in [2.05, 4.69) is 38.0 Å². The molecule has 1 aliphatic heterocycles. The Kier molecular flexibility index (Phi) is 22.9. The lowest BCUT2D eigenvalue weighted by molar-refractivity contribution is -0.141. The maximum absolute atomic E-state index is 14.2. The number of fused-ring (bicyclic) bond motifs is 2. The van der Waals surface area contributed by atoms with Gasteiger partial charge in [0.15, 0.2) is 0 Å². The number of aliphatic carboxylic acids is 1. The molecule has 0 saturated heterocycles. The van der Waals surface area contributed by atoms with Gasteiger partial charge in [-0.2, -0.15) is 0 Å². The summed E-state index contributed by atoms with van der Waals surface area (Å²) in [6, 6.07) is 25.2. The molecule has 1 aliphatic rings. The van der Waals surface area contributed by atoms with Crippen molar-refractivity contribution in [3.8, 4) is 0 Å². The number of nitrogens with zero attached hydrogens (tertiary/aromatic N) is 2. The SMILES string of the molecule is CNC(C(=O)N[C@H](C(=O)N(C)[C@H](/C=C(\C)C(=O)O)C(C)C)C(C)(C)C)C(C)(C)c1cccc(NC(=O)OCc2ccc(NC(=O)[C@H](C)NC(=O)[C@@H](NC(=O)CCCCC(=O)N3Cc4ccccc4/C=C\c4ccccc43)C(C)C)cc2)c1. The number of rotatable bonds is 24. The summed E-state index contributed by atoms with van der Waals surface area (Å²) in [6.07, 6.45) is 6.18. The molecule has 0 aromatic heterocycles. The number of likely N-dealkylation sites (N-methyl/N-ethyl adjacent to an activating group) is 2. The summed E-state index contributed by atoms with van der Waals surface area (Å²) in [6.45, 7) is 20.0. The van der Waals surface area contributed by atoms with Crippen LogP contribution in [0.4, 0.5) is 21.9 Å². The molecule has 0 saturated carbocycles. The topological polar surface area (TPSA) is 245 Å². The van der Waals surface area contributed by atoms with Gasteiger partial charge in [0.1, 0.15) is 24.7 Å². The number of ether oxygens (including phenoxy) is 1. The molecule has 5 rings (SSSR count). The molecule has 4 aromatic rings. The van der Waals surface area contributed by atoms with Crippen molar-refractivity contribution in [1.29, 1.82) is 0 Å². The Morgan fingerprint density at radius 3 is 1.96 bits per heavy atom. The monoisotopic (exact) mass is 1120 g/mol. The van der Waals surface area contributed by atoms with Crippen molar-refractivity contribution in [1.82, 2.24) is 26.2 Å². The van der Waals surface area contributed by atoms with Crippen LogP contribution in [0.15, 0.2) is 109 Å². The molecule has 4 aromatic carbocycles. The fourth-order valence-corrected chi connectivity index (χ4v) is 9.74. The van der Waals surface area contributed by atoms with Gasteiger partial charge in [0, 0.05) is 42.3 Å². The van der Waals surface area contributed by atoms with Gasteiger partial charge in [-0.15, -0.1) is 0 Å². The fraction of sp³-hybridized carbons (Fsp3) is 0.438. The Hall–Kier alpha value is -8.12. The maximum atomic E-state index is 14.2. The summed E-state index contributed by atoms with van der Waals surface area (Å²) >= 11 is 0. The molecule has 82 heavy (non-hydrogen) atoms. The highest BCUT2D eigenvalue weighted by Crippen LogP contribution is 2.32. The summed E-state index contributed by atoms with van der Waals surface area (Å²) in [4.78, 5) is 110. The second-order valence-electron chi connectivity index (χ2n) is 23.4. The third kappa shape index (κ3) is 17.7. The van der Waals surface area contributed by atoms with Crippen molar-refractivity contribution < 1.29 is 48.2 Å². The van der Waals surface area contributed by atoms with Crippen molar-refractivity contribution in [2.24, 2.45) is 17.3 Å². The highest BCUT2D eigenvalue weighted by Gasteiger charge is 2.42. The molecule has 0 aliphatic carbocycles. The largest absolute Gasteiger partial charge is 0.478 e. The van der Waals surface area contributed by atoms with Crippen LogP contribution in [0.1, 0.15) is 130 Å². The highest BCUT2D eigenvalue weighted by atomic mass is 16.5. The Morgan fingerprint density at radius 1 is 0.695 bits per heavy atom. The number of unbranched alkanes of at least 4 members (excludes halogenated alkanes) is 1. The summed E-state index contributed by atoms with van der Waals surface area (Å²) in [5, 5.41) is 26.7. The lowest BCUT2D eigenvalue weighted by Gasteiger charge is -2.40. The molecule has 0 fully saturated rings. The van der Waals surface area contributed by atoms with E-state index >= 15 is 0 Å². The number of hydrogen-bond donors (Lipinski definition) is 7. The van der Waals surface area contributed by atoms with Crippen LogP contribution in [0.3, 0.4) is 0 Å². The molecule has 7 amide bonds. The van der Waals surface area contributed by atoms with Crippen LogP contribution >= 0.6 is 0 Å². The van der Waals surface area contributed by atoms with E-state index in [-0.39, 0.29) is 54.6 Å². The minimum Gasteiger partial charge on any atom is -0.478 e. The number of nitrogens with one attached hydrogen (secondary N) is 6. The number of para-hydroxylation sites is 1. The van der Waals surface area contributed by atoms with Crippen LogP contribution in [-0.4, -0.2) is 102 Å². The van der Waals surface area contributed by atoms with Gasteiger partial charge in [-0.05, 0) is 109 Å². The molecule has 0 radical (unpaired) electrons. The molecule has 1 unspecified atom stereocenters. The Morgan fingerprint density at radius 2 is 1.33 bits per heavy atom. The predicted octanol–water partition coefficient (Wildman–Crippen LogP) is 9.21. The van der Waals surface area contributed by atoms with Crippen molar-refractivity contribution >= 4 is 76.7 Å². The van der Waals surface area contributed by atoms with Crippen LogP contribution in [0.2, 0.25) is 0 Å². The zero-order chi connectivity index (χ0) is 60.6. The van der Waals surface area contributed by atoms with E-state index in [1.807, 2.05) is 109 Å². The molecule has 7 N–H and O–H groups in total. The van der Waals surface area contributed by atoms with Gasteiger partial charge >= 0.3 is 12.1 Å². The van der Waals surface area contributed by atoms with E-state index in [0.717, 1.165) is 22.4 Å². The molecule has 0 bridgehead atoms. The first-order chi connectivity index (χ1) is 38.6. The third-order valence-corrected chi connectivity index (χ3v) is 14.8. The van der Waals surface area contributed by atoms with E-state index in [1.54, 1.807) is 88.3 Å². The van der Waals surface area contributed by atoms with Crippen molar-refractivity contribution in [2.45, 2.75) is 151 Å². The van der Waals surface area contributed by atoms with Crippen LogP contribution in [0, 0.1) is 17.3 Å². The molecule has 18 heteroatoms. The lowest BCUT2D eigenvalue weighted by atomic mass is 9.76. The number of carboxylic acid groups (broad SMARTS) is 1. The molecular formula is C64H84N8O10. The normalized spacial score (nSPS) is 14.7. The molecule has 440 valence electrons. The molecular weight excluding hydrogens is 1040 g/mol. The van der Waals surface area contributed by atoms with E-state index in [1.165, 1.54) is 11.8 Å². The van der Waals surface area contributed by atoms with Gasteiger partial charge in [0.2, 0.25) is 35.4 Å². The zero-order valence-electron chi connectivity index (χ0n) is 49.8. The van der Waals surface area contributed by atoms with Crippen LogP contribution < -0.4 is 36.8 Å². The standard InChI is InChI=1S/C64H84N8O10/c1-39(2)51(35-41(5)61(79)80)71(13)60(78)56(63(7,8)9)70-59(77)55(65-12)64(10,11)47-24-20-25-49(36-47)68-62(81)82-38-43-29-33-48(34-30-43)67-57(75)42(6)66-58(76)54(40(3)4)69-52(73)27-18-19-28-53(74)72-37-46-23-15-14-21-44(46)31-32-45-22-16-17-26-50(45)72/h14-17,20-26,29-36,39-40,42,51,54-56,65H,18-19,27-28,37-38H2,1-13H3,(H,66,76)(H,67,75)(H,68,81)(H,69,73)(H,70,77)(H,79,80)/b32-31-,41-35+/t42-,51+,54-,55?,56+/m0/s1. The van der Waals surface area contributed by atoms with Crippen LogP contribution in [0.25, 0.3) is 12.2 Å². The summed E-state index contributed by atoms with van der Waals surface area (Å²) in [7, 11) is 3.26. The second kappa shape index (κ2) is 29.0. The van der Waals surface area contributed by atoms with Gasteiger partial charge in [-0.25, -0.2) is 9.59 Å². The minimum absolute atomic E-state index is 0.0433. The van der Waals surface area contributed by atoms with Crippen LogP contribution in [0.5, 0.6) is 0 Å². The first-order valence-corrected chi connectivity index (χ1v) is 28.0. The molecule has 18 nitrogen and oxygen atoms in total. The number of carbonyl (C=O) groups is 8. The quantitative estimate of drug-likeness (QED) is 0.0258. The number of benzene rings is 4. The Labute approximate surface area is 483 Å².